The number of allylic oxidation sites excluding steroid dienone is 2. The fraction of sp³-hybridized carbons (Fsp3) is 0.286. The first-order valence-corrected chi connectivity index (χ1v) is 13.4. The molecular weight excluding hydrogens is 433 g/mol. The van der Waals surface area contributed by atoms with E-state index in [0.717, 1.165) is 6.42 Å². The van der Waals surface area contributed by atoms with E-state index in [-0.39, 0.29) is 4.75 Å². The van der Waals surface area contributed by atoms with Gasteiger partial charge >= 0.3 is 0 Å². The van der Waals surface area contributed by atoms with Crippen LogP contribution in [0.25, 0.3) is 0 Å². The molecule has 0 unspecified atom stereocenters. The molecule has 31 heavy (non-hydrogen) atoms. The molecule has 0 aliphatic heterocycles. The second-order valence-electron chi connectivity index (χ2n) is 8.09. The molecule has 0 radical (unpaired) electrons. The van der Waals surface area contributed by atoms with Crippen LogP contribution >= 0.6 is 35.3 Å². The normalized spacial score (nSPS) is 14.3. The summed E-state index contributed by atoms with van der Waals surface area (Å²) in [7, 11) is 0. The molecule has 0 N–H and O–H groups in total. The molecule has 0 saturated heterocycles. The molecule has 0 aliphatic carbocycles. The summed E-state index contributed by atoms with van der Waals surface area (Å²) in [6.45, 7) is 9.45. The highest BCUT2D eigenvalue weighted by atomic mass is 32.2. The van der Waals surface area contributed by atoms with E-state index in [1.54, 1.807) is 0 Å². The molecule has 0 bridgehead atoms. The first-order chi connectivity index (χ1) is 15.0. The summed E-state index contributed by atoms with van der Waals surface area (Å²) < 4.78 is 0.0470. The highest BCUT2D eigenvalue weighted by Gasteiger charge is 2.37. The maximum absolute atomic E-state index is 2.42. The third-order valence-corrected chi connectivity index (χ3v) is 9.62. The number of rotatable bonds is 10. The van der Waals surface area contributed by atoms with Gasteiger partial charge in [-0.2, -0.15) is 0 Å². The molecule has 0 aliphatic rings. The summed E-state index contributed by atoms with van der Waals surface area (Å²) >= 11 is 5.92. The molecular formula is C28H32S3. The second-order valence-corrected chi connectivity index (χ2v) is 12.2. The summed E-state index contributed by atoms with van der Waals surface area (Å²) in [5.41, 5.74) is 0. The zero-order valence-electron chi connectivity index (χ0n) is 18.8. The van der Waals surface area contributed by atoms with E-state index in [1.165, 1.54) is 19.6 Å². The maximum Gasteiger partial charge on any atom is 0.0311 e. The Balaban J connectivity index is 1.92. The Hall–Kier alpha value is -1.55. The van der Waals surface area contributed by atoms with Crippen molar-refractivity contribution in [3.63, 3.8) is 0 Å². The van der Waals surface area contributed by atoms with Crippen molar-refractivity contribution < 1.29 is 0 Å². The molecule has 162 valence electrons. The predicted octanol–water partition coefficient (Wildman–Crippen LogP) is 9.44. The van der Waals surface area contributed by atoms with Crippen LogP contribution in [0, 0.1) is 5.92 Å². The van der Waals surface area contributed by atoms with Crippen LogP contribution in [0.2, 0.25) is 0 Å². The van der Waals surface area contributed by atoms with E-state index < -0.39 is 0 Å². The number of benzene rings is 3. The lowest BCUT2D eigenvalue weighted by Crippen LogP contribution is -2.36. The molecule has 0 saturated carbocycles. The quantitative estimate of drug-likeness (QED) is 0.274. The predicted molar refractivity (Wildman–Crippen MR) is 142 cm³/mol. The molecule has 0 fully saturated rings. The lowest BCUT2D eigenvalue weighted by Gasteiger charge is -2.38. The van der Waals surface area contributed by atoms with Gasteiger partial charge in [0.25, 0.3) is 0 Å². The maximum atomic E-state index is 2.42. The van der Waals surface area contributed by atoms with Crippen molar-refractivity contribution in [2.75, 3.05) is 0 Å². The van der Waals surface area contributed by atoms with E-state index in [4.69, 9.17) is 0 Å². The van der Waals surface area contributed by atoms with Crippen LogP contribution in [-0.2, 0) is 0 Å². The first-order valence-electron chi connectivity index (χ1n) is 10.9. The molecule has 3 aromatic rings. The standard InChI is InChI=1S/C28H32S3/c1-5-15-26(29-23-16-9-6-10-17-23)22(2)27(30-24-18-11-7-12-19-24)28(3,4)31-25-20-13-8-14-21-25/h6-22,27H,5H2,1-4H3/b26-15+/t22-,27+/m0/s1. The zero-order chi connectivity index (χ0) is 22.1. The van der Waals surface area contributed by atoms with Crippen LogP contribution in [0.4, 0.5) is 0 Å². The lowest BCUT2D eigenvalue weighted by molar-refractivity contribution is 0.554. The second kappa shape index (κ2) is 11.9. The molecule has 2 atom stereocenters. The average molecular weight is 465 g/mol. The van der Waals surface area contributed by atoms with Gasteiger partial charge in [0.1, 0.15) is 0 Å². The Kier molecular flexibility index (Phi) is 9.25. The molecule has 3 rings (SSSR count). The molecule has 0 aromatic heterocycles. The van der Waals surface area contributed by atoms with E-state index in [9.17, 15) is 0 Å². The summed E-state index contributed by atoms with van der Waals surface area (Å²) in [6, 6.07) is 32.4. The monoisotopic (exact) mass is 464 g/mol. The van der Waals surface area contributed by atoms with Crippen LogP contribution in [0.5, 0.6) is 0 Å². The fourth-order valence-electron chi connectivity index (χ4n) is 3.64. The van der Waals surface area contributed by atoms with Crippen LogP contribution < -0.4 is 0 Å². The van der Waals surface area contributed by atoms with Crippen molar-refractivity contribution >= 4 is 35.3 Å². The van der Waals surface area contributed by atoms with Gasteiger partial charge in [-0.3, -0.25) is 0 Å². The lowest BCUT2D eigenvalue weighted by atomic mass is 9.96. The molecule has 3 aromatic carbocycles. The van der Waals surface area contributed by atoms with Crippen LogP contribution in [0.15, 0.2) is 117 Å². The van der Waals surface area contributed by atoms with E-state index >= 15 is 0 Å². The van der Waals surface area contributed by atoms with Crippen LogP contribution in [-0.4, -0.2) is 10.00 Å². The van der Waals surface area contributed by atoms with Crippen LogP contribution in [0.3, 0.4) is 0 Å². The minimum absolute atomic E-state index is 0.0470. The van der Waals surface area contributed by atoms with Gasteiger partial charge in [0, 0.05) is 30.6 Å². The summed E-state index contributed by atoms with van der Waals surface area (Å²) in [4.78, 5) is 5.44. The zero-order valence-corrected chi connectivity index (χ0v) is 21.3. The highest BCUT2D eigenvalue weighted by Crippen LogP contribution is 2.49. The largest absolute Gasteiger partial charge is 0.121 e. The Bertz CT molecular complexity index is 934. The SMILES string of the molecule is CC/C=C(/Sc1ccccc1)[C@H](C)[C@@H](Sc1ccccc1)C(C)(C)Sc1ccccc1. The number of thioether (sulfide) groups is 3. The Labute approximate surface area is 201 Å². The summed E-state index contributed by atoms with van der Waals surface area (Å²) in [5, 5.41) is 0.411. The van der Waals surface area contributed by atoms with Crippen molar-refractivity contribution in [2.45, 2.75) is 58.8 Å². The first kappa shape index (κ1) is 24.1. The highest BCUT2D eigenvalue weighted by molar-refractivity contribution is 8.05. The third-order valence-electron chi connectivity index (χ3n) is 5.10. The average Bonchev–Trinajstić information content (AvgIpc) is 2.78. The van der Waals surface area contributed by atoms with Crippen molar-refractivity contribution in [3.8, 4) is 0 Å². The Morgan fingerprint density at radius 2 is 1.26 bits per heavy atom. The van der Waals surface area contributed by atoms with Crippen molar-refractivity contribution in [1.82, 2.24) is 0 Å². The van der Waals surface area contributed by atoms with E-state index in [0.29, 0.717) is 11.2 Å². The minimum Gasteiger partial charge on any atom is -0.121 e. The van der Waals surface area contributed by atoms with Crippen molar-refractivity contribution in [3.05, 3.63) is 102 Å². The van der Waals surface area contributed by atoms with Gasteiger partial charge in [-0.15, -0.1) is 23.5 Å². The third kappa shape index (κ3) is 7.24. The molecule has 0 amide bonds. The molecule has 0 heterocycles. The molecule has 3 heteroatoms. The van der Waals surface area contributed by atoms with Gasteiger partial charge < -0.3 is 0 Å². The van der Waals surface area contributed by atoms with Gasteiger partial charge in [0.2, 0.25) is 0 Å². The molecule has 0 spiro atoms. The Morgan fingerprint density at radius 1 is 0.774 bits per heavy atom. The number of hydrogen-bond acceptors (Lipinski definition) is 3. The van der Waals surface area contributed by atoms with Crippen molar-refractivity contribution in [1.29, 1.82) is 0 Å². The van der Waals surface area contributed by atoms with Gasteiger partial charge in [-0.1, -0.05) is 86.3 Å². The van der Waals surface area contributed by atoms with Crippen LogP contribution in [0.1, 0.15) is 34.1 Å². The van der Waals surface area contributed by atoms with E-state index in [1.807, 2.05) is 35.3 Å². The molecule has 0 nitrogen and oxygen atoms in total. The Morgan fingerprint density at radius 3 is 1.77 bits per heavy atom. The minimum atomic E-state index is 0.0470. The van der Waals surface area contributed by atoms with Gasteiger partial charge in [-0.25, -0.2) is 0 Å². The smallest absolute Gasteiger partial charge is 0.0311 e. The fourth-order valence-corrected chi connectivity index (χ4v) is 7.61. The van der Waals surface area contributed by atoms with Gasteiger partial charge in [0.05, 0.1) is 0 Å². The van der Waals surface area contributed by atoms with E-state index in [2.05, 4.69) is 125 Å². The van der Waals surface area contributed by atoms with Gasteiger partial charge in [-0.05, 0) is 61.6 Å². The topological polar surface area (TPSA) is 0 Å². The number of hydrogen-bond donors (Lipinski definition) is 0. The summed E-state index contributed by atoms with van der Waals surface area (Å²) in [5.74, 6) is 0.418. The van der Waals surface area contributed by atoms with Crippen molar-refractivity contribution in [2.24, 2.45) is 5.92 Å². The summed E-state index contributed by atoms with van der Waals surface area (Å²) in [6.07, 6.45) is 3.47. The van der Waals surface area contributed by atoms with Gasteiger partial charge in [0.15, 0.2) is 0 Å².